The van der Waals surface area contributed by atoms with Gasteiger partial charge in [0.15, 0.2) is 0 Å². The Labute approximate surface area is 242 Å². The lowest BCUT2D eigenvalue weighted by Gasteiger charge is -2.38. The number of nitrogens with one attached hydrogen (secondary N) is 2. The lowest BCUT2D eigenvalue weighted by atomic mass is 10.1. The number of anilines is 4. The van der Waals surface area contributed by atoms with Crippen molar-refractivity contribution in [1.29, 1.82) is 0 Å². The third kappa shape index (κ3) is 9.89. The molecule has 0 aliphatic carbocycles. The van der Waals surface area contributed by atoms with Crippen molar-refractivity contribution < 1.29 is 0 Å². The molecule has 0 unspecified atom stereocenters. The first-order valence-corrected chi connectivity index (χ1v) is 15.2. The van der Waals surface area contributed by atoms with Crippen molar-refractivity contribution in [2.45, 2.75) is 72.1 Å². The molecule has 1 aliphatic heterocycles. The Bertz CT molecular complexity index is 1110. The molecule has 0 bridgehead atoms. The molecule has 216 valence electrons. The molecule has 2 aromatic carbocycles. The Morgan fingerprint density at radius 3 is 2.00 bits per heavy atom. The molecule has 1 saturated heterocycles. The number of hydrogen-bond donors (Lipinski definition) is 2. The van der Waals surface area contributed by atoms with Crippen molar-refractivity contribution in [1.82, 2.24) is 14.9 Å². The average Bonchev–Trinajstić information content (AvgIpc) is 3.01. The molecule has 6 heteroatoms. The van der Waals surface area contributed by atoms with Crippen LogP contribution in [0, 0.1) is 0 Å². The number of unbranched alkanes of at least 4 members (excludes halogenated alkanes) is 5. The number of allylic oxidation sites excluding steroid dienone is 1. The highest BCUT2D eigenvalue weighted by Gasteiger charge is 2.18. The molecule has 1 aromatic heterocycles. The SMILES string of the molecule is C=C(CCCC)N1CCN(c2ccc(Nc3nccc(-c4ccc(NC)cc4)n3)cc2)CC1.CCCCCCC. The summed E-state index contributed by atoms with van der Waals surface area (Å²) in [6.45, 7) is 15.1. The van der Waals surface area contributed by atoms with Gasteiger partial charge in [-0.3, -0.25) is 0 Å². The monoisotopic (exact) mass is 542 g/mol. The van der Waals surface area contributed by atoms with Crippen molar-refractivity contribution >= 4 is 23.0 Å². The lowest BCUT2D eigenvalue weighted by Crippen LogP contribution is -2.45. The minimum Gasteiger partial charge on any atom is -0.388 e. The van der Waals surface area contributed by atoms with E-state index >= 15 is 0 Å². The Hall–Kier alpha value is -3.54. The fraction of sp³-hybridized carbons (Fsp3) is 0.471. The molecule has 1 fully saturated rings. The van der Waals surface area contributed by atoms with E-state index in [2.05, 4.69) is 94.1 Å². The van der Waals surface area contributed by atoms with Gasteiger partial charge in [0.2, 0.25) is 5.95 Å². The number of nitrogens with zero attached hydrogens (tertiary/aromatic N) is 4. The van der Waals surface area contributed by atoms with E-state index in [-0.39, 0.29) is 0 Å². The van der Waals surface area contributed by atoms with Gasteiger partial charge in [-0.2, -0.15) is 0 Å². The van der Waals surface area contributed by atoms with Gasteiger partial charge in [-0.15, -0.1) is 0 Å². The zero-order chi connectivity index (χ0) is 28.6. The lowest BCUT2D eigenvalue weighted by molar-refractivity contribution is 0.310. The smallest absolute Gasteiger partial charge is 0.227 e. The topological polar surface area (TPSA) is 56.3 Å². The van der Waals surface area contributed by atoms with E-state index in [0.717, 1.165) is 55.2 Å². The van der Waals surface area contributed by atoms with E-state index in [1.165, 1.54) is 56.3 Å². The van der Waals surface area contributed by atoms with Crippen LogP contribution in [0.15, 0.2) is 73.1 Å². The normalized spacial score (nSPS) is 12.9. The van der Waals surface area contributed by atoms with Gasteiger partial charge in [-0.05, 0) is 55.3 Å². The van der Waals surface area contributed by atoms with E-state index in [0.29, 0.717) is 5.95 Å². The van der Waals surface area contributed by atoms with Gasteiger partial charge in [-0.1, -0.05) is 78.0 Å². The van der Waals surface area contributed by atoms with Crippen LogP contribution in [0.5, 0.6) is 0 Å². The molecule has 4 rings (SSSR count). The molecule has 1 aliphatic rings. The molecule has 40 heavy (non-hydrogen) atoms. The molecular weight excluding hydrogens is 492 g/mol. The highest BCUT2D eigenvalue weighted by atomic mass is 15.3. The van der Waals surface area contributed by atoms with Gasteiger partial charge in [0.25, 0.3) is 0 Å². The first-order valence-electron chi connectivity index (χ1n) is 15.2. The van der Waals surface area contributed by atoms with Gasteiger partial charge in [0, 0.05) is 67.7 Å². The van der Waals surface area contributed by atoms with Crippen LogP contribution in [-0.4, -0.2) is 48.1 Å². The summed E-state index contributed by atoms with van der Waals surface area (Å²) < 4.78 is 0. The quantitative estimate of drug-likeness (QED) is 0.211. The number of piperazine rings is 1. The van der Waals surface area contributed by atoms with Gasteiger partial charge in [-0.25, -0.2) is 9.97 Å². The van der Waals surface area contributed by atoms with E-state index in [1.807, 2.05) is 25.2 Å². The number of aromatic nitrogens is 2. The molecule has 2 heterocycles. The van der Waals surface area contributed by atoms with Crippen LogP contribution in [0.3, 0.4) is 0 Å². The summed E-state index contributed by atoms with van der Waals surface area (Å²) in [5.74, 6) is 0.595. The summed E-state index contributed by atoms with van der Waals surface area (Å²) in [4.78, 5) is 14.0. The molecule has 0 atom stereocenters. The minimum absolute atomic E-state index is 0.595. The fourth-order valence-corrected chi connectivity index (χ4v) is 4.77. The van der Waals surface area contributed by atoms with Crippen molar-refractivity contribution in [3.8, 4) is 11.3 Å². The van der Waals surface area contributed by atoms with Crippen LogP contribution in [0.4, 0.5) is 23.0 Å². The third-order valence-corrected chi connectivity index (χ3v) is 7.37. The highest BCUT2D eigenvalue weighted by Crippen LogP contribution is 2.24. The molecule has 3 aromatic rings. The molecular formula is C34H50N6. The van der Waals surface area contributed by atoms with Crippen LogP contribution in [-0.2, 0) is 0 Å². The van der Waals surface area contributed by atoms with Crippen molar-refractivity contribution in [3.05, 3.63) is 73.1 Å². The summed E-state index contributed by atoms with van der Waals surface area (Å²) in [6.07, 6.45) is 12.4. The van der Waals surface area contributed by atoms with Crippen LogP contribution >= 0.6 is 0 Å². The average molecular weight is 543 g/mol. The second-order valence-electron chi connectivity index (χ2n) is 10.5. The zero-order valence-corrected chi connectivity index (χ0v) is 25.3. The Kier molecular flexibility index (Phi) is 13.3. The minimum atomic E-state index is 0.595. The number of rotatable bonds is 13. The van der Waals surface area contributed by atoms with Crippen molar-refractivity contribution in [2.24, 2.45) is 0 Å². The summed E-state index contributed by atoms with van der Waals surface area (Å²) in [5.41, 5.74) is 6.55. The maximum Gasteiger partial charge on any atom is 0.227 e. The van der Waals surface area contributed by atoms with Gasteiger partial charge in [0.05, 0.1) is 5.69 Å². The molecule has 0 saturated carbocycles. The second-order valence-corrected chi connectivity index (χ2v) is 10.5. The zero-order valence-electron chi connectivity index (χ0n) is 25.3. The summed E-state index contributed by atoms with van der Waals surface area (Å²) in [6, 6.07) is 18.7. The first kappa shape index (κ1) is 31.0. The first-order chi connectivity index (χ1) is 19.6. The van der Waals surface area contributed by atoms with E-state index in [1.54, 1.807) is 6.20 Å². The molecule has 6 nitrogen and oxygen atoms in total. The Morgan fingerprint density at radius 2 is 1.40 bits per heavy atom. The largest absolute Gasteiger partial charge is 0.388 e. The van der Waals surface area contributed by atoms with Crippen LogP contribution in [0.2, 0.25) is 0 Å². The number of hydrogen-bond acceptors (Lipinski definition) is 6. The van der Waals surface area contributed by atoms with Gasteiger partial charge >= 0.3 is 0 Å². The van der Waals surface area contributed by atoms with Gasteiger partial charge < -0.3 is 20.4 Å². The summed E-state index contributed by atoms with van der Waals surface area (Å²) in [5, 5.41) is 6.47. The van der Waals surface area contributed by atoms with E-state index in [9.17, 15) is 0 Å². The predicted octanol–water partition coefficient (Wildman–Crippen LogP) is 8.73. The van der Waals surface area contributed by atoms with Crippen molar-refractivity contribution in [2.75, 3.05) is 48.8 Å². The number of benzene rings is 2. The molecule has 0 radical (unpaired) electrons. The predicted molar refractivity (Wildman–Crippen MR) is 174 cm³/mol. The second kappa shape index (κ2) is 17.2. The Morgan fingerprint density at radius 1 is 0.775 bits per heavy atom. The summed E-state index contributed by atoms with van der Waals surface area (Å²) >= 11 is 0. The molecule has 0 amide bonds. The fourth-order valence-electron chi connectivity index (χ4n) is 4.77. The highest BCUT2D eigenvalue weighted by molar-refractivity contribution is 5.65. The molecule has 0 spiro atoms. The Balaban J connectivity index is 0.000000559. The maximum atomic E-state index is 4.69. The van der Waals surface area contributed by atoms with E-state index in [4.69, 9.17) is 0 Å². The van der Waals surface area contributed by atoms with Crippen LogP contribution in [0.25, 0.3) is 11.3 Å². The maximum absolute atomic E-state index is 4.69. The van der Waals surface area contributed by atoms with Crippen molar-refractivity contribution in [3.63, 3.8) is 0 Å². The molecule has 2 N–H and O–H groups in total. The third-order valence-electron chi connectivity index (χ3n) is 7.37. The van der Waals surface area contributed by atoms with E-state index < -0.39 is 0 Å². The summed E-state index contributed by atoms with van der Waals surface area (Å²) in [7, 11) is 1.92. The van der Waals surface area contributed by atoms with Gasteiger partial charge in [0.1, 0.15) is 0 Å². The van der Waals surface area contributed by atoms with Crippen LogP contribution in [0.1, 0.15) is 72.1 Å². The van der Waals surface area contributed by atoms with Crippen LogP contribution < -0.4 is 15.5 Å². The standard InChI is InChI=1S/C27H34N6.C7H16/c1-4-5-6-21(2)32-17-19-33(20-18-32)25-13-11-24(12-14-25)30-27-29-16-15-26(31-27)22-7-9-23(28-3)10-8-22;1-3-5-7-6-4-2/h7-16,28H,2,4-6,17-20H2,1,3H3,(H,29,30,31);3-7H2,1-2H3.